The van der Waals surface area contributed by atoms with E-state index in [0.29, 0.717) is 71.0 Å². The van der Waals surface area contributed by atoms with E-state index in [2.05, 4.69) is 31.9 Å². The second kappa shape index (κ2) is 29.8. The number of hydrogen-bond donors (Lipinski definition) is 12. The van der Waals surface area contributed by atoms with Crippen molar-refractivity contribution in [3.63, 3.8) is 0 Å². The average Bonchev–Trinajstić information content (AvgIpc) is 3.17. The van der Waals surface area contributed by atoms with Crippen molar-refractivity contribution in [1.82, 2.24) is 31.9 Å². The third-order valence-corrected chi connectivity index (χ3v) is 10.0. The van der Waals surface area contributed by atoms with Crippen molar-refractivity contribution in [2.24, 2.45) is 40.7 Å². The number of carbonyl (C=O) groups excluding carboxylic acids is 6. The standard InChI is InChI=1S/C39H74N10O10/c1-7-24(6)32(49-37(56)31(23(4)5)48-36(55)30(22(2)3)47-33(52)25(43)14-8-11-19-40)38(57)45-27(17-18-29(50)51)35(54)44-26(15-9-12-20-41)34(53)46-28(39(58)59)16-10-13-21-42/h22-28,30-32H,7-21,40-43H2,1-6H3,(H,44,54)(H,45,57)(H,46,53)(H,47,52)(H,48,55)(H,49,56)(H,50,51)(H,58,59)/t24-,25-,26-,27-,28-,30-,31-,32-/m0/s1. The lowest BCUT2D eigenvalue weighted by Crippen LogP contribution is -2.62. The lowest BCUT2D eigenvalue weighted by Gasteiger charge is -2.31. The molecule has 20 nitrogen and oxygen atoms in total. The summed E-state index contributed by atoms with van der Waals surface area (Å²) in [5, 5.41) is 34.8. The molecule has 0 fully saturated rings. The molecule has 0 aromatic heterocycles. The summed E-state index contributed by atoms with van der Waals surface area (Å²) >= 11 is 0. The van der Waals surface area contributed by atoms with Gasteiger partial charge < -0.3 is 65.0 Å². The second-order valence-corrected chi connectivity index (χ2v) is 15.7. The first kappa shape index (κ1) is 54.6. The van der Waals surface area contributed by atoms with Crippen LogP contribution in [0.5, 0.6) is 0 Å². The van der Waals surface area contributed by atoms with E-state index in [0.717, 1.165) is 0 Å². The summed E-state index contributed by atoms with van der Waals surface area (Å²) in [4.78, 5) is 105. The maximum Gasteiger partial charge on any atom is 0.326 e. The molecule has 0 aromatic carbocycles. The third-order valence-electron chi connectivity index (χ3n) is 10.0. The highest BCUT2D eigenvalue weighted by molar-refractivity contribution is 5.97. The summed E-state index contributed by atoms with van der Waals surface area (Å²) in [6.45, 7) is 11.4. The van der Waals surface area contributed by atoms with E-state index in [1.54, 1.807) is 41.5 Å². The maximum atomic E-state index is 13.9. The molecule has 0 aliphatic rings. The van der Waals surface area contributed by atoms with Crippen LogP contribution in [0, 0.1) is 17.8 Å². The molecule has 0 heterocycles. The molecule has 20 heteroatoms. The largest absolute Gasteiger partial charge is 0.481 e. The summed E-state index contributed by atoms with van der Waals surface area (Å²) in [7, 11) is 0. The maximum absolute atomic E-state index is 13.9. The topological polar surface area (TPSA) is 353 Å². The van der Waals surface area contributed by atoms with Crippen molar-refractivity contribution in [3.8, 4) is 0 Å². The van der Waals surface area contributed by atoms with Crippen molar-refractivity contribution in [3.05, 3.63) is 0 Å². The quantitative estimate of drug-likeness (QED) is 0.0359. The Bertz CT molecular complexity index is 1350. The third kappa shape index (κ3) is 21.4. The Morgan fingerprint density at radius 2 is 0.847 bits per heavy atom. The number of rotatable bonds is 32. The first-order valence-electron chi connectivity index (χ1n) is 20.9. The zero-order chi connectivity index (χ0) is 45.2. The van der Waals surface area contributed by atoms with Gasteiger partial charge in [0, 0.05) is 6.42 Å². The number of nitrogens with two attached hydrogens (primary N) is 4. The van der Waals surface area contributed by atoms with E-state index in [9.17, 15) is 48.6 Å². The van der Waals surface area contributed by atoms with E-state index in [-0.39, 0.29) is 25.2 Å². The lowest BCUT2D eigenvalue weighted by atomic mass is 9.95. The van der Waals surface area contributed by atoms with Gasteiger partial charge in [-0.05, 0) is 95.2 Å². The van der Waals surface area contributed by atoms with Crippen LogP contribution in [0.15, 0.2) is 0 Å². The van der Waals surface area contributed by atoms with Gasteiger partial charge in [0.2, 0.25) is 35.4 Å². The minimum Gasteiger partial charge on any atom is -0.481 e. The fraction of sp³-hybridized carbons (Fsp3) is 0.795. The Labute approximate surface area is 348 Å². The zero-order valence-corrected chi connectivity index (χ0v) is 35.8. The molecule has 8 atom stereocenters. The minimum absolute atomic E-state index is 0.0698. The number of hydrogen-bond acceptors (Lipinski definition) is 12. The molecule has 6 amide bonds. The van der Waals surface area contributed by atoms with Gasteiger partial charge in [0.15, 0.2) is 0 Å². The van der Waals surface area contributed by atoms with Gasteiger partial charge in [-0.2, -0.15) is 0 Å². The van der Waals surface area contributed by atoms with E-state index in [1.807, 2.05) is 0 Å². The Hall–Kier alpha value is -4.40. The fourth-order valence-electron chi connectivity index (χ4n) is 6.01. The average molecular weight is 843 g/mol. The smallest absolute Gasteiger partial charge is 0.326 e. The highest BCUT2D eigenvalue weighted by Gasteiger charge is 2.36. The second-order valence-electron chi connectivity index (χ2n) is 15.7. The van der Waals surface area contributed by atoms with Crippen LogP contribution in [0.25, 0.3) is 0 Å². The molecular weight excluding hydrogens is 768 g/mol. The molecule has 0 aliphatic carbocycles. The van der Waals surface area contributed by atoms with E-state index in [1.165, 1.54) is 0 Å². The molecule has 0 saturated heterocycles. The van der Waals surface area contributed by atoms with Crippen LogP contribution in [0.3, 0.4) is 0 Å². The number of carboxylic acid groups (broad SMARTS) is 2. The molecule has 0 spiro atoms. The SMILES string of the molecule is CC[C@H](C)[C@H](NC(=O)[C@@H](NC(=O)[C@@H](NC(=O)[C@@H](N)CCCCN)C(C)C)C(C)C)C(=O)N[C@@H](CCC(=O)O)C(=O)N[C@@H](CCCCN)C(=O)N[C@@H](CCCCN)C(=O)O. The molecule has 16 N–H and O–H groups in total. The van der Waals surface area contributed by atoms with Gasteiger partial charge >= 0.3 is 11.9 Å². The number of carbonyl (C=O) groups is 8. The normalized spacial score (nSPS) is 15.4. The van der Waals surface area contributed by atoms with Crippen molar-refractivity contribution in [2.45, 2.75) is 161 Å². The highest BCUT2D eigenvalue weighted by atomic mass is 16.4. The molecule has 0 saturated carbocycles. The molecule has 0 aliphatic heterocycles. The van der Waals surface area contributed by atoms with Crippen molar-refractivity contribution < 1.29 is 48.6 Å². The molecule has 59 heavy (non-hydrogen) atoms. The van der Waals surface area contributed by atoms with Crippen molar-refractivity contribution in [1.29, 1.82) is 0 Å². The molecule has 0 bridgehead atoms. The Morgan fingerprint density at radius 1 is 0.475 bits per heavy atom. The predicted octanol–water partition coefficient (Wildman–Crippen LogP) is -1.08. The van der Waals surface area contributed by atoms with Gasteiger partial charge in [-0.25, -0.2) is 4.79 Å². The first-order valence-corrected chi connectivity index (χ1v) is 20.9. The van der Waals surface area contributed by atoms with Gasteiger partial charge in [-0.3, -0.25) is 33.6 Å². The molecule has 340 valence electrons. The molecule has 0 unspecified atom stereocenters. The van der Waals surface area contributed by atoms with Crippen LogP contribution in [0.2, 0.25) is 0 Å². The summed E-state index contributed by atoms with van der Waals surface area (Å²) in [6, 6.07) is -8.31. The Balaban J connectivity index is 6.31. The molecule has 0 radical (unpaired) electrons. The van der Waals surface area contributed by atoms with Gasteiger partial charge in [0.25, 0.3) is 0 Å². The van der Waals surface area contributed by atoms with E-state index in [4.69, 9.17) is 22.9 Å². The molecule has 0 aromatic rings. The van der Waals surface area contributed by atoms with Gasteiger partial charge in [0.05, 0.1) is 6.04 Å². The number of aliphatic carboxylic acids is 2. The Morgan fingerprint density at radius 3 is 1.27 bits per heavy atom. The minimum atomic E-state index is -1.48. The van der Waals surface area contributed by atoms with Crippen molar-refractivity contribution in [2.75, 3.05) is 19.6 Å². The summed E-state index contributed by atoms with van der Waals surface area (Å²) in [5.41, 5.74) is 22.7. The van der Waals surface area contributed by atoms with Gasteiger partial charge in [-0.15, -0.1) is 0 Å². The van der Waals surface area contributed by atoms with Crippen LogP contribution in [0.4, 0.5) is 0 Å². The lowest BCUT2D eigenvalue weighted by molar-refractivity contribution is -0.142. The van der Waals surface area contributed by atoms with Crippen molar-refractivity contribution >= 4 is 47.4 Å². The van der Waals surface area contributed by atoms with E-state index >= 15 is 0 Å². The summed E-state index contributed by atoms with van der Waals surface area (Å²) in [6.07, 6.45) is 3.16. The Kier molecular flexibility index (Phi) is 27.5. The summed E-state index contributed by atoms with van der Waals surface area (Å²) in [5.74, 6) is -8.31. The van der Waals surface area contributed by atoms with Crippen LogP contribution >= 0.6 is 0 Å². The number of amides is 6. The van der Waals surface area contributed by atoms with Crippen LogP contribution in [-0.2, 0) is 38.4 Å². The zero-order valence-electron chi connectivity index (χ0n) is 35.8. The number of unbranched alkanes of at least 4 members (excludes halogenated alkanes) is 3. The predicted molar refractivity (Wildman–Crippen MR) is 222 cm³/mol. The monoisotopic (exact) mass is 843 g/mol. The number of nitrogens with one attached hydrogen (secondary N) is 6. The van der Waals surface area contributed by atoms with E-state index < -0.39 is 108 Å². The van der Waals surface area contributed by atoms with Crippen LogP contribution < -0.4 is 54.8 Å². The highest BCUT2D eigenvalue weighted by Crippen LogP contribution is 2.14. The van der Waals surface area contributed by atoms with Crippen LogP contribution in [-0.4, -0.2) is 120 Å². The fourth-order valence-corrected chi connectivity index (χ4v) is 6.01. The van der Waals surface area contributed by atoms with Crippen LogP contribution in [0.1, 0.15) is 119 Å². The summed E-state index contributed by atoms with van der Waals surface area (Å²) < 4.78 is 0. The van der Waals surface area contributed by atoms with Gasteiger partial charge in [-0.1, -0.05) is 54.4 Å². The molecular formula is C39H74N10O10. The first-order chi connectivity index (χ1) is 27.7. The molecule has 0 rings (SSSR count). The number of carboxylic acids is 2. The van der Waals surface area contributed by atoms with Gasteiger partial charge in [0.1, 0.15) is 36.3 Å².